The maximum absolute atomic E-state index is 4.78. The number of benzene rings is 2. The fourth-order valence-electron chi connectivity index (χ4n) is 2.45. The minimum absolute atomic E-state index is 0.326. The van der Waals surface area contributed by atoms with Gasteiger partial charge in [-0.3, -0.25) is 4.99 Å². The van der Waals surface area contributed by atoms with Crippen LogP contribution in [0.5, 0.6) is 0 Å². The number of nitrogens with zero attached hydrogens (tertiary/aromatic N) is 1. The Hall–Kier alpha value is -1.41. The highest BCUT2D eigenvalue weighted by Crippen LogP contribution is 2.36. The van der Waals surface area contributed by atoms with E-state index < -0.39 is 0 Å². The van der Waals surface area contributed by atoms with Crippen LogP contribution in [-0.2, 0) is 6.42 Å². The smallest absolute Gasteiger partial charge is 0.0676 e. The van der Waals surface area contributed by atoms with E-state index in [0.29, 0.717) is 4.83 Å². The van der Waals surface area contributed by atoms with Crippen LogP contribution in [0.2, 0.25) is 0 Å². The third-order valence-electron chi connectivity index (χ3n) is 3.37. The second kappa shape index (κ2) is 4.69. The molecular formula is C16H14BrN. The van der Waals surface area contributed by atoms with Crippen molar-refractivity contribution in [2.75, 3.05) is 0 Å². The average molecular weight is 300 g/mol. The molecule has 0 aliphatic carbocycles. The zero-order valence-corrected chi connectivity index (χ0v) is 11.8. The van der Waals surface area contributed by atoms with Crippen LogP contribution in [0.1, 0.15) is 28.4 Å². The molecule has 1 heterocycles. The van der Waals surface area contributed by atoms with Gasteiger partial charge in [-0.15, -0.1) is 0 Å². The second-order valence-corrected chi connectivity index (χ2v) is 5.69. The lowest BCUT2D eigenvalue weighted by atomic mass is 9.95. The second-order valence-electron chi connectivity index (χ2n) is 4.58. The number of para-hydroxylation sites is 1. The third-order valence-corrected chi connectivity index (χ3v) is 4.19. The van der Waals surface area contributed by atoms with E-state index >= 15 is 0 Å². The number of alkyl halides is 1. The minimum atomic E-state index is 0.326. The Labute approximate surface area is 116 Å². The molecule has 0 saturated heterocycles. The lowest BCUT2D eigenvalue weighted by molar-refractivity contribution is 0.940. The van der Waals surface area contributed by atoms with Gasteiger partial charge in [-0.05, 0) is 36.1 Å². The number of fused-ring (bicyclic) bond motifs is 2. The van der Waals surface area contributed by atoms with Crippen LogP contribution in [0, 0.1) is 0 Å². The highest BCUT2D eigenvalue weighted by Gasteiger charge is 2.18. The van der Waals surface area contributed by atoms with Gasteiger partial charge in [0.2, 0.25) is 0 Å². The van der Waals surface area contributed by atoms with Crippen molar-refractivity contribution in [1.29, 1.82) is 0 Å². The Morgan fingerprint density at radius 3 is 2.67 bits per heavy atom. The molecule has 90 valence electrons. The molecule has 0 spiro atoms. The summed E-state index contributed by atoms with van der Waals surface area (Å²) >= 11 is 3.79. The summed E-state index contributed by atoms with van der Waals surface area (Å²) in [5.74, 6) is 0. The predicted octanol–water partition coefficient (Wildman–Crippen LogP) is 4.82. The van der Waals surface area contributed by atoms with Crippen LogP contribution in [-0.4, -0.2) is 5.71 Å². The summed E-state index contributed by atoms with van der Waals surface area (Å²) in [7, 11) is 0. The first-order chi connectivity index (χ1) is 8.75. The van der Waals surface area contributed by atoms with E-state index in [-0.39, 0.29) is 0 Å². The van der Waals surface area contributed by atoms with Gasteiger partial charge < -0.3 is 0 Å². The highest BCUT2D eigenvalue weighted by molar-refractivity contribution is 9.09. The van der Waals surface area contributed by atoms with Crippen LogP contribution < -0.4 is 0 Å². The summed E-state index contributed by atoms with van der Waals surface area (Å²) in [4.78, 5) is 5.10. The number of aliphatic imine (C=N–C) groups is 1. The largest absolute Gasteiger partial charge is 0.253 e. The third kappa shape index (κ3) is 2.01. The fraction of sp³-hybridized carbons (Fsp3) is 0.188. The average Bonchev–Trinajstić information content (AvgIpc) is 2.38. The highest BCUT2D eigenvalue weighted by atomic mass is 79.9. The first kappa shape index (κ1) is 11.7. The lowest BCUT2D eigenvalue weighted by Crippen LogP contribution is -2.07. The quantitative estimate of drug-likeness (QED) is 0.619. The van der Waals surface area contributed by atoms with Gasteiger partial charge in [0.15, 0.2) is 0 Å². The zero-order chi connectivity index (χ0) is 12.5. The Balaban J connectivity index is 2.23. The fourth-order valence-corrected chi connectivity index (χ4v) is 3.19. The van der Waals surface area contributed by atoms with Gasteiger partial charge in [0, 0.05) is 10.5 Å². The monoisotopic (exact) mass is 299 g/mol. The molecular weight excluding hydrogens is 286 g/mol. The topological polar surface area (TPSA) is 12.4 Å². The molecule has 18 heavy (non-hydrogen) atoms. The van der Waals surface area contributed by atoms with Crippen molar-refractivity contribution in [2.24, 2.45) is 4.99 Å². The maximum Gasteiger partial charge on any atom is 0.0676 e. The number of halogens is 1. The molecule has 2 heteroatoms. The summed E-state index contributed by atoms with van der Waals surface area (Å²) in [6, 6.07) is 16.9. The normalized spacial score (nSPS) is 18.1. The Bertz CT molecular complexity index is 616. The summed E-state index contributed by atoms with van der Waals surface area (Å²) in [5.41, 5.74) is 6.06. The van der Waals surface area contributed by atoms with Gasteiger partial charge in [0.05, 0.1) is 5.69 Å². The van der Waals surface area contributed by atoms with Crippen molar-refractivity contribution in [3.63, 3.8) is 0 Å². The van der Waals surface area contributed by atoms with Crippen LogP contribution in [0.25, 0.3) is 0 Å². The number of hydrogen-bond acceptors (Lipinski definition) is 1. The van der Waals surface area contributed by atoms with Crippen molar-refractivity contribution < 1.29 is 0 Å². The van der Waals surface area contributed by atoms with Gasteiger partial charge in [-0.1, -0.05) is 58.4 Å². The molecule has 1 unspecified atom stereocenters. The summed E-state index contributed by atoms with van der Waals surface area (Å²) in [6.45, 7) is 2.09. The van der Waals surface area contributed by atoms with Crippen LogP contribution in [0.4, 0.5) is 5.69 Å². The van der Waals surface area contributed by atoms with Crippen LogP contribution in [0.15, 0.2) is 53.5 Å². The van der Waals surface area contributed by atoms with Crippen molar-refractivity contribution in [3.05, 3.63) is 65.2 Å². The van der Waals surface area contributed by atoms with E-state index in [2.05, 4.69) is 65.3 Å². The Morgan fingerprint density at radius 2 is 1.78 bits per heavy atom. The van der Waals surface area contributed by atoms with E-state index in [0.717, 1.165) is 17.8 Å². The van der Waals surface area contributed by atoms with Crippen molar-refractivity contribution in [3.8, 4) is 0 Å². The Morgan fingerprint density at radius 1 is 1.06 bits per heavy atom. The molecule has 1 aliphatic rings. The van der Waals surface area contributed by atoms with E-state index in [4.69, 9.17) is 4.99 Å². The van der Waals surface area contributed by atoms with E-state index in [1.165, 1.54) is 16.7 Å². The molecule has 0 aromatic heterocycles. The van der Waals surface area contributed by atoms with Crippen LogP contribution >= 0.6 is 15.9 Å². The lowest BCUT2D eigenvalue weighted by Gasteiger charge is -2.19. The van der Waals surface area contributed by atoms with Gasteiger partial charge in [0.25, 0.3) is 0 Å². The first-order valence-corrected chi connectivity index (χ1v) is 7.04. The molecule has 0 amide bonds. The molecule has 0 bridgehead atoms. The summed E-state index contributed by atoms with van der Waals surface area (Å²) in [5, 5.41) is 0. The molecule has 3 rings (SSSR count). The molecule has 2 aromatic carbocycles. The molecule has 0 radical (unpaired) electrons. The summed E-state index contributed by atoms with van der Waals surface area (Å²) in [6.07, 6.45) is 1.00. The van der Waals surface area contributed by atoms with Gasteiger partial charge in [-0.25, -0.2) is 0 Å². The summed E-state index contributed by atoms with van der Waals surface area (Å²) < 4.78 is 0. The van der Waals surface area contributed by atoms with E-state index in [9.17, 15) is 0 Å². The van der Waals surface area contributed by atoms with Crippen molar-refractivity contribution in [2.45, 2.75) is 18.2 Å². The molecule has 2 aromatic rings. The standard InChI is InChI=1S/C16H14BrN/c1-11-13-7-3-2-6-12(13)10-15(17)14-8-4-5-9-16(14)18-11/h2-9,15H,10H2,1H3. The first-order valence-electron chi connectivity index (χ1n) is 6.12. The predicted molar refractivity (Wildman–Crippen MR) is 80.1 cm³/mol. The zero-order valence-electron chi connectivity index (χ0n) is 10.2. The van der Waals surface area contributed by atoms with E-state index in [1.54, 1.807) is 0 Å². The van der Waals surface area contributed by atoms with E-state index in [1.807, 2.05) is 6.07 Å². The molecule has 0 N–H and O–H groups in total. The SMILES string of the molecule is CC1=Nc2ccccc2C(Br)Cc2ccccc21. The number of rotatable bonds is 0. The van der Waals surface area contributed by atoms with Gasteiger partial charge >= 0.3 is 0 Å². The van der Waals surface area contributed by atoms with Crippen LogP contribution in [0.3, 0.4) is 0 Å². The maximum atomic E-state index is 4.78. The molecule has 1 aliphatic heterocycles. The molecule has 0 fully saturated rings. The molecule has 1 atom stereocenters. The van der Waals surface area contributed by atoms with Crippen molar-refractivity contribution in [1.82, 2.24) is 0 Å². The van der Waals surface area contributed by atoms with Crippen molar-refractivity contribution >= 4 is 27.3 Å². The molecule has 0 saturated carbocycles. The van der Waals surface area contributed by atoms with Gasteiger partial charge in [-0.2, -0.15) is 0 Å². The van der Waals surface area contributed by atoms with Gasteiger partial charge in [0.1, 0.15) is 0 Å². The minimum Gasteiger partial charge on any atom is -0.253 e. The molecule has 1 nitrogen and oxygen atoms in total. The number of hydrogen-bond donors (Lipinski definition) is 0. The Kier molecular flexibility index (Phi) is 3.04.